The van der Waals surface area contributed by atoms with Crippen LogP contribution in [0.4, 0.5) is 0 Å². The van der Waals surface area contributed by atoms with Gasteiger partial charge in [0.05, 0.1) is 6.61 Å². The number of likely N-dealkylation sites (tertiary alicyclic amines) is 1. The van der Waals surface area contributed by atoms with Gasteiger partial charge in [0.1, 0.15) is 0 Å². The molecule has 0 spiro atoms. The number of hydrogen-bond donors (Lipinski definition) is 1. The summed E-state index contributed by atoms with van der Waals surface area (Å²) in [5.74, 6) is 1.92. The zero-order chi connectivity index (χ0) is 11.0. The summed E-state index contributed by atoms with van der Waals surface area (Å²) in [5, 5.41) is 9.29. The normalized spacial score (nSPS) is 44.1. The van der Waals surface area contributed by atoms with Gasteiger partial charge in [0.2, 0.25) is 0 Å². The number of rotatable bonds is 2. The van der Waals surface area contributed by atoms with Gasteiger partial charge in [-0.05, 0) is 43.9 Å². The predicted octanol–water partition coefficient (Wildman–Crippen LogP) is 2.41. The van der Waals surface area contributed by atoms with Crippen LogP contribution < -0.4 is 0 Å². The zero-order valence-electron chi connectivity index (χ0n) is 10.3. The maximum Gasteiger partial charge on any atom is 0.0558 e. The van der Waals surface area contributed by atoms with Crippen molar-refractivity contribution in [3.8, 4) is 0 Å². The molecule has 1 N–H and O–H groups in total. The Bertz CT molecular complexity index is 243. The van der Waals surface area contributed by atoms with E-state index in [0.717, 1.165) is 30.5 Å². The fourth-order valence-corrected chi connectivity index (χ4v) is 4.71. The third-order valence-corrected chi connectivity index (χ3v) is 5.30. The van der Waals surface area contributed by atoms with Crippen LogP contribution in [-0.4, -0.2) is 35.2 Å². The molecular formula is C14H25NO. The molecule has 1 saturated heterocycles. The van der Waals surface area contributed by atoms with Crippen LogP contribution in [0.3, 0.4) is 0 Å². The quantitative estimate of drug-likeness (QED) is 0.777. The van der Waals surface area contributed by atoms with Crippen molar-refractivity contribution in [2.24, 2.45) is 11.8 Å². The third-order valence-electron chi connectivity index (χ3n) is 5.30. The lowest BCUT2D eigenvalue weighted by atomic mass is 9.73. The van der Waals surface area contributed by atoms with E-state index in [1.807, 2.05) is 0 Å². The average molecular weight is 223 g/mol. The maximum absolute atomic E-state index is 9.29. The minimum absolute atomic E-state index is 0.354. The second-order valence-corrected chi connectivity index (χ2v) is 6.07. The number of hydrogen-bond acceptors (Lipinski definition) is 2. The summed E-state index contributed by atoms with van der Waals surface area (Å²) in [4.78, 5) is 2.70. The van der Waals surface area contributed by atoms with E-state index in [0.29, 0.717) is 6.61 Å². The Morgan fingerprint density at radius 3 is 2.25 bits per heavy atom. The fraction of sp³-hybridized carbons (Fsp3) is 1.00. The van der Waals surface area contributed by atoms with Gasteiger partial charge in [-0.3, -0.25) is 4.90 Å². The van der Waals surface area contributed by atoms with Gasteiger partial charge in [-0.1, -0.05) is 19.3 Å². The van der Waals surface area contributed by atoms with Crippen LogP contribution in [0.5, 0.6) is 0 Å². The van der Waals surface area contributed by atoms with Gasteiger partial charge in [0.25, 0.3) is 0 Å². The summed E-state index contributed by atoms with van der Waals surface area (Å²) in [7, 11) is 0. The average Bonchev–Trinajstić information content (AvgIpc) is 2.77. The van der Waals surface area contributed by atoms with Crippen LogP contribution in [0.15, 0.2) is 0 Å². The SMILES string of the molecule is OCCN1C2CCCCC2CC2CCCC21. The van der Waals surface area contributed by atoms with Crippen LogP contribution in [0, 0.1) is 11.8 Å². The van der Waals surface area contributed by atoms with Gasteiger partial charge in [-0.2, -0.15) is 0 Å². The lowest BCUT2D eigenvalue weighted by Gasteiger charge is -2.50. The standard InChI is InChI=1S/C14H25NO/c16-9-8-15-13-6-2-1-4-11(13)10-12-5-3-7-14(12)15/h11-14,16H,1-10H2. The van der Waals surface area contributed by atoms with Crippen molar-refractivity contribution in [2.45, 2.75) is 63.5 Å². The van der Waals surface area contributed by atoms with E-state index < -0.39 is 0 Å². The van der Waals surface area contributed by atoms with Crippen LogP contribution >= 0.6 is 0 Å². The molecule has 0 aromatic rings. The Hall–Kier alpha value is -0.0800. The van der Waals surface area contributed by atoms with E-state index in [9.17, 15) is 5.11 Å². The van der Waals surface area contributed by atoms with E-state index in [1.54, 1.807) is 0 Å². The highest BCUT2D eigenvalue weighted by molar-refractivity contribution is 4.98. The van der Waals surface area contributed by atoms with E-state index in [2.05, 4.69) is 4.90 Å². The molecule has 2 aliphatic carbocycles. The minimum Gasteiger partial charge on any atom is -0.395 e. The van der Waals surface area contributed by atoms with Gasteiger partial charge >= 0.3 is 0 Å². The molecule has 2 nitrogen and oxygen atoms in total. The molecule has 0 amide bonds. The Morgan fingerprint density at radius 1 is 0.875 bits per heavy atom. The molecule has 3 fully saturated rings. The van der Waals surface area contributed by atoms with Crippen LogP contribution in [0.2, 0.25) is 0 Å². The smallest absolute Gasteiger partial charge is 0.0558 e. The van der Waals surface area contributed by atoms with Gasteiger partial charge in [-0.25, -0.2) is 0 Å². The minimum atomic E-state index is 0.354. The lowest BCUT2D eigenvalue weighted by molar-refractivity contribution is -0.0178. The van der Waals surface area contributed by atoms with Gasteiger partial charge < -0.3 is 5.11 Å². The van der Waals surface area contributed by atoms with E-state index in [4.69, 9.17) is 0 Å². The van der Waals surface area contributed by atoms with Crippen molar-refractivity contribution >= 4 is 0 Å². The number of fused-ring (bicyclic) bond motifs is 2. The molecule has 4 atom stereocenters. The Balaban J connectivity index is 1.78. The van der Waals surface area contributed by atoms with Gasteiger partial charge in [0, 0.05) is 18.6 Å². The second kappa shape index (κ2) is 4.66. The first-order chi connectivity index (χ1) is 7.90. The number of nitrogens with zero attached hydrogens (tertiary/aromatic N) is 1. The molecule has 0 bridgehead atoms. The monoisotopic (exact) mass is 223 g/mol. The van der Waals surface area contributed by atoms with E-state index in [-0.39, 0.29) is 0 Å². The highest BCUT2D eigenvalue weighted by Gasteiger charge is 2.44. The molecule has 3 aliphatic rings. The Morgan fingerprint density at radius 2 is 1.50 bits per heavy atom. The van der Waals surface area contributed by atoms with Crippen molar-refractivity contribution in [2.75, 3.05) is 13.2 Å². The number of aliphatic hydroxyl groups excluding tert-OH is 1. The molecular weight excluding hydrogens is 198 g/mol. The lowest BCUT2D eigenvalue weighted by Crippen LogP contribution is -2.55. The first-order valence-corrected chi connectivity index (χ1v) is 7.27. The van der Waals surface area contributed by atoms with E-state index >= 15 is 0 Å². The molecule has 2 heteroatoms. The summed E-state index contributed by atoms with van der Waals surface area (Å²) in [6, 6.07) is 1.65. The topological polar surface area (TPSA) is 23.5 Å². The molecule has 2 saturated carbocycles. The number of β-amino-alcohol motifs (C(OH)–C–C–N with tert-alkyl or cyclic N) is 1. The van der Waals surface area contributed by atoms with Gasteiger partial charge in [0.15, 0.2) is 0 Å². The third kappa shape index (κ3) is 1.80. The summed E-state index contributed by atoms with van der Waals surface area (Å²) >= 11 is 0. The number of piperidine rings is 1. The van der Waals surface area contributed by atoms with Crippen molar-refractivity contribution in [3.05, 3.63) is 0 Å². The summed E-state index contributed by atoms with van der Waals surface area (Å²) < 4.78 is 0. The summed E-state index contributed by atoms with van der Waals surface area (Å²) in [6.07, 6.45) is 11.5. The van der Waals surface area contributed by atoms with Crippen molar-refractivity contribution < 1.29 is 5.11 Å². The highest BCUT2D eigenvalue weighted by atomic mass is 16.3. The maximum atomic E-state index is 9.29. The molecule has 0 aromatic carbocycles. The van der Waals surface area contributed by atoms with E-state index in [1.165, 1.54) is 51.4 Å². The molecule has 3 rings (SSSR count). The van der Waals surface area contributed by atoms with Crippen molar-refractivity contribution in [1.29, 1.82) is 0 Å². The van der Waals surface area contributed by atoms with Crippen molar-refractivity contribution in [3.63, 3.8) is 0 Å². The Labute approximate surface area is 99.0 Å². The summed E-state index contributed by atoms with van der Waals surface area (Å²) in [6.45, 7) is 1.29. The molecule has 0 aromatic heterocycles. The molecule has 16 heavy (non-hydrogen) atoms. The van der Waals surface area contributed by atoms with Crippen LogP contribution in [-0.2, 0) is 0 Å². The molecule has 1 heterocycles. The number of aliphatic hydroxyl groups is 1. The van der Waals surface area contributed by atoms with Gasteiger partial charge in [-0.15, -0.1) is 0 Å². The molecule has 92 valence electrons. The molecule has 0 radical (unpaired) electrons. The second-order valence-electron chi connectivity index (χ2n) is 6.07. The first-order valence-electron chi connectivity index (χ1n) is 7.27. The van der Waals surface area contributed by atoms with Crippen LogP contribution in [0.1, 0.15) is 51.4 Å². The zero-order valence-corrected chi connectivity index (χ0v) is 10.3. The largest absolute Gasteiger partial charge is 0.395 e. The first kappa shape index (κ1) is 11.0. The van der Waals surface area contributed by atoms with Crippen LogP contribution in [0.25, 0.3) is 0 Å². The highest BCUT2D eigenvalue weighted by Crippen LogP contribution is 2.46. The predicted molar refractivity (Wildman–Crippen MR) is 65.3 cm³/mol. The summed E-state index contributed by atoms with van der Waals surface area (Å²) in [5.41, 5.74) is 0. The Kier molecular flexibility index (Phi) is 3.21. The molecule has 4 unspecified atom stereocenters. The van der Waals surface area contributed by atoms with Crippen molar-refractivity contribution in [1.82, 2.24) is 4.90 Å². The molecule has 1 aliphatic heterocycles. The fourth-order valence-electron chi connectivity index (χ4n) is 4.71.